The molecule has 2 amide bonds. The van der Waals surface area contributed by atoms with Crippen molar-refractivity contribution < 1.29 is 14.7 Å². The number of carboxylic acids is 1. The van der Waals surface area contributed by atoms with Crippen LogP contribution in [0.5, 0.6) is 0 Å². The van der Waals surface area contributed by atoms with Crippen LogP contribution in [0, 0.1) is 5.92 Å². The molecule has 0 bridgehead atoms. The molecule has 1 aliphatic rings. The van der Waals surface area contributed by atoms with Gasteiger partial charge in [0.05, 0.1) is 12.0 Å². The van der Waals surface area contributed by atoms with E-state index >= 15 is 0 Å². The van der Waals surface area contributed by atoms with Gasteiger partial charge in [-0.05, 0) is 43.9 Å². The fourth-order valence-electron chi connectivity index (χ4n) is 2.60. The second kappa shape index (κ2) is 6.93. The third kappa shape index (κ3) is 4.46. The molecule has 5 nitrogen and oxygen atoms in total. The molecule has 0 aromatic heterocycles. The third-order valence-corrected chi connectivity index (χ3v) is 4.36. The fourth-order valence-corrected chi connectivity index (χ4v) is 2.86. The molecular formula is C15H19BrN2O3. The van der Waals surface area contributed by atoms with Gasteiger partial charge >= 0.3 is 12.0 Å². The van der Waals surface area contributed by atoms with Crippen molar-refractivity contribution in [1.29, 1.82) is 0 Å². The van der Waals surface area contributed by atoms with Crippen LogP contribution in [0.1, 0.15) is 37.8 Å². The summed E-state index contributed by atoms with van der Waals surface area (Å²) in [5.74, 6) is -1.11. The molecule has 114 valence electrons. The number of rotatable bonds is 4. The average molecular weight is 355 g/mol. The average Bonchev–Trinajstić information content (AvgIpc) is 2.87. The van der Waals surface area contributed by atoms with Gasteiger partial charge in [-0.1, -0.05) is 28.1 Å². The molecule has 6 heteroatoms. The first kappa shape index (κ1) is 15.8. The van der Waals surface area contributed by atoms with Crippen LogP contribution in [-0.2, 0) is 4.79 Å². The van der Waals surface area contributed by atoms with Gasteiger partial charge in [-0.2, -0.15) is 0 Å². The summed E-state index contributed by atoms with van der Waals surface area (Å²) in [5.41, 5.74) is 1.02. The van der Waals surface area contributed by atoms with Crippen molar-refractivity contribution in [3.8, 4) is 0 Å². The Hall–Kier alpha value is -1.56. The second-order valence-corrected chi connectivity index (χ2v) is 6.35. The molecule has 0 saturated heterocycles. The minimum atomic E-state index is -0.775. The van der Waals surface area contributed by atoms with Crippen LogP contribution in [-0.4, -0.2) is 23.1 Å². The monoisotopic (exact) mass is 354 g/mol. The Balaban J connectivity index is 1.82. The largest absolute Gasteiger partial charge is 0.481 e. The van der Waals surface area contributed by atoms with Gasteiger partial charge in [0.25, 0.3) is 0 Å². The third-order valence-electron chi connectivity index (χ3n) is 3.83. The van der Waals surface area contributed by atoms with Gasteiger partial charge in [0.1, 0.15) is 0 Å². The highest BCUT2D eigenvalue weighted by atomic mass is 79.9. The number of amides is 2. The molecule has 0 aliphatic heterocycles. The molecule has 1 aliphatic carbocycles. The van der Waals surface area contributed by atoms with E-state index in [1.54, 1.807) is 0 Å². The first-order valence-electron chi connectivity index (χ1n) is 7.01. The number of benzene rings is 1. The normalized spacial score (nSPS) is 22.6. The van der Waals surface area contributed by atoms with Crippen LogP contribution in [0.25, 0.3) is 0 Å². The van der Waals surface area contributed by atoms with Crippen molar-refractivity contribution in [2.75, 3.05) is 0 Å². The summed E-state index contributed by atoms with van der Waals surface area (Å²) in [6, 6.07) is 7.36. The van der Waals surface area contributed by atoms with E-state index in [0.29, 0.717) is 12.8 Å². The van der Waals surface area contributed by atoms with Crippen molar-refractivity contribution >= 4 is 27.9 Å². The molecule has 1 aromatic carbocycles. The van der Waals surface area contributed by atoms with Crippen LogP contribution in [0.2, 0.25) is 0 Å². The van der Waals surface area contributed by atoms with E-state index in [1.165, 1.54) is 0 Å². The van der Waals surface area contributed by atoms with Crippen LogP contribution < -0.4 is 10.6 Å². The lowest BCUT2D eigenvalue weighted by Crippen LogP contribution is -2.42. The Labute approximate surface area is 132 Å². The number of aliphatic carboxylic acids is 1. The number of carbonyl (C=O) groups excluding carboxylic acids is 1. The van der Waals surface area contributed by atoms with E-state index in [1.807, 2.05) is 31.2 Å². The Morgan fingerprint density at radius 1 is 1.29 bits per heavy atom. The lowest BCUT2D eigenvalue weighted by molar-refractivity contribution is -0.141. The smallest absolute Gasteiger partial charge is 0.315 e. The minimum Gasteiger partial charge on any atom is -0.481 e. The summed E-state index contributed by atoms with van der Waals surface area (Å²) in [6.07, 6.45) is 1.86. The molecule has 1 fully saturated rings. The maximum absolute atomic E-state index is 11.9. The summed E-state index contributed by atoms with van der Waals surface area (Å²) in [6.45, 7) is 1.91. The quantitative estimate of drug-likeness (QED) is 0.777. The van der Waals surface area contributed by atoms with Crippen molar-refractivity contribution in [1.82, 2.24) is 10.6 Å². The number of halogens is 1. The molecule has 21 heavy (non-hydrogen) atoms. The van der Waals surface area contributed by atoms with Gasteiger partial charge in [-0.15, -0.1) is 0 Å². The maximum Gasteiger partial charge on any atom is 0.315 e. The van der Waals surface area contributed by atoms with Gasteiger partial charge in [0, 0.05) is 10.5 Å². The first-order chi connectivity index (χ1) is 9.95. The van der Waals surface area contributed by atoms with Gasteiger partial charge < -0.3 is 15.7 Å². The van der Waals surface area contributed by atoms with E-state index in [2.05, 4.69) is 26.6 Å². The molecule has 3 N–H and O–H groups in total. The number of carboxylic acid groups (broad SMARTS) is 1. The fraction of sp³-hybridized carbons (Fsp3) is 0.467. The number of nitrogens with one attached hydrogen (secondary N) is 2. The molecule has 1 saturated carbocycles. The molecule has 0 radical (unpaired) electrons. The number of urea groups is 1. The SMILES string of the molecule is CC(NC(=O)NC1CCC(C(=O)O)C1)c1ccc(Br)cc1. The van der Waals surface area contributed by atoms with Crippen molar-refractivity contribution in [2.45, 2.75) is 38.3 Å². The van der Waals surface area contributed by atoms with E-state index in [4.69, 9.17) is 5.11 Å². The predicted molar refractivity (Wildman–Crippen MR) is 83.0 cm³/mol. The van der Waals surface area contributed by atoms with Crippen LogP contribution >= 0.6 is 15.9 Å². The lowest BCUT2D eigenvalue weighted by Gasteiger charge is -2.18. The zero-order valence-corrected chi connectivity index (χ0v) is 13.4. The lowest BCUT2D eigenvalue weighted by atomic mass is 10.1. The molecule has 0 spiro atoms. The van der Waals surface area contributed by atoms with Gasteiger partial charge in [-0.25, -0.2) is 4.79 Å². The highest BCUT2D eigenvalue weighted by Gasteiger charge is 2.30. The Kier molecular flexibility index (Phi) is 5.22. The topological polar surface area (TPSA) is 78.4 Å². The number of carbonyl (C=O) groups is 2. The van der Waals surface area contributed by atoms with Crippen LogP contribution in [0.4, 0.5) is 4.79 Å². The molecular weight excluding hydrogens is 336 g/mol. The minimum absolute atomic E-state index is 0.0526. The zero-order chi connectivity index (χ0) is 15.4. The molecule has 3 atom stereocenters. The summed E-state index contributed by atoms with van der Waals surface area (Å²) >= 11 is 3.37. The molecule has 2 rings (SSSR count). The van der Waals surface area contributed by atoms with E-state index < -0.39 is 5.97 Å². The molecule has 0 heterocycles. The number of hydrogen-bond acceptors (Lipinski definition) is 2. The highest BCUT2D eigenvalue weighted by Crippen LogP contribution is 2.25. The second-order valence-electron chi connectivity index (χ2n) is 5.44. The molecule has 1 aromatic rings. The summed E-state index contributed by atoms with van der Waals surface area (Å²) in [4.78, 5) is 22.8. The van der Waals surface area contributed by atoms with Gasteiger partial charge in [0.15, 0.2) is 0 Å². The van der Waals surface area contributed by atoms with E-state index in [9.17, 15) is 9.59 Å². The van der Waals surface area contributed by atoms with Gasteiger partial charge in [0.2, 0.25) is 0 Å². The van der Waals surface area contributed by atoms with Crippen LogP contribution in [0.15, 0.2) is 28.7 Å². The predicted octanol–water partition coefficient (Wildman–Crippen LogP) is 3.06. The Morgan fingerprint density at radius 3 is 2.52 bits per heavy atom. The van der Waals surface area contributed by atoms with Crippen molar-refractivity contribution in [3.63, 3.8) is 0 Å². The zero-order valence-electron chi connectivity index (χ0n) is 11.8. The summed E-state index contributed by atoms with van der Waals surface area (Å²) in [7, 11) is 0. The highest BCUT2D eigenvalue weighted by molar-refractivity contribution is 9.10. The van der Waals surface area contributed by atoms with Crippen molar-refractivity contribution in [3.05, 3.63) is 34.3 Å². The first-order valence-corrected chi connectivity index (χ1v) is 7.80. The Morgan fingerprint density at radius 2 is 1.95 bits per heavy atom. The van der Waals surface area contributed by atoms with Crippen molar-refractivity contribution in [2.24, 2.45) is 5.92 Å². The Bertz CT molecular complexity index is 518. The summed E-state index contributed by atoms with van der Waals surface area (Å²) in [5, 5.41) is 14.7. The molecule has 3 unspecified atom stereocenters. The summed E-state index contributed by atoms with van der Waals surface area (Å²) < 4.78 is 0.994. The van der Waals surface area contributed by atoms with E-state index in [0.717, 1.165) is 16.5 Å². The van der Waals surface area contributed by atoms with E-state index in [-0.39, 0.29) is 24.0 Å². The van der Waals surface area contributed by atoms with Crippen LogP contribution in [0.3, 0.4) is 0 Å². The van der Waals surface area contributed by atoms with Gasteiger partial charge in [-0.3, -0.25) is 4.79 Å². The maximum atomic E-state index is 11.9. The standard InChI is InChI=1S/C15H19BrN2O3/c1-9(10-2-5-12(16)6-3-10)17-15(21)18-13-7-4-11(8-13)14(19)20/h2-3,5-6,9,11,13H,4,7-8H2,1H3,(H,19,20)(H2,17,18,21). The number of hydrogen-bond donors (Lipinski definition) is 3.